The molecule has 4 rings (SSSR count). The molecule has 40 heavy (non-hydrogen) atoms. The Kier molecular flexibility index (Phi) is 8.66. The average Bonchev–Trinajstić information content (AvgIpc) is 3.42. The van der Waals surface area contributed by atoms with Crippen molar-refractivity contribution in [3.8, 4) is 5.75 Å². The van der Waals surface area contributed by atoms with Gasteiger partial charge in [0.1, 0.15) is 24.6 Å². The van der Waals surface area contributed by atoms with Gasteiger partial charge in [-0.05, 0) is 32.0 Å². The maximum atomic E-state index is 14.2. The van der Waals surface area contributed by atoms with Gasteiger partial charge in [0.2, 0.25) is 5.95 Å². The van der Waals surface area contributed by atoms with Gasteiger partial charge in [-0.25, -0.2) is 8.96 Å². The Morgan fingerprint density at radius 3 is 2.65 bits per heavy atom. The summed E-state index contributed by atoms with van der Waals surface area (Å²) in [4.78, 5) is 31.0. The maximum Gasteiger partial charge on any atom is 0.380 e. The van der Waals surface area contributed by atoms with E-state index in [2.05, 4.69) is 9.97 Å². The monoisotopic (exact) mass is 582 g/mol. The summed E-state index contributed by atoms with van der Waals surface area (Å²) in [5, 5.41) is 22.1. The maximum absolute atomic E-state index is 14.2. The molecule has 0 amide bonds. The minimum absolute atomic E-state index is 0.0116. The highest BCUT2D eigenvalue weighted by Crippen LogP contribution is 2.51. The first-order valence-corrected chi connectivity index (χ1v) is 14.3. The molecular weight excluding hydrogens is 550 g/mol. The first-order valence-electron chi connectivity index (χ1n) is 12.5. The lowest BCUT2D eigenvalue weighted by Crippen LogP contribution is -2.49. The Morgan fingerprint density at radius 2 is 2.00 bits per heavy atom. The molecule has 2 aromatic heterocycles. The molecule has 15 heteroatoms. The summed E-state index contributed by atoms with van der Waals surface area (Å²) in [6, 6.07) is 9.49. The number of para-hydroxylation sites is 1. The van der Waals surface area contributed by atoms with E-state index in [1.54, 1.807) is 44.2 Å². The predicted octanol–water partition coefficient (Wildman–Crippen LogP) is 2.14. The largest absolute Gasteiger partial charge is 0.463 e. The van der Waals surface area contributed by atoms with Crippen LogP contribution in [0.4, 0.5) is 10.3 Å². The number of benzene rings is 1. The van der Waals surface area contributed by atoms with Crippen LogP contribution in [0, 0.1) is 5.92 Å². The highest BCUT2D eigenvalue weighted by Gasteiger charge is 2.57. The number of nitrogens with one attached hydrogen (secondary N) is 1. The molecule has 1 aliphatic heterocycles. The standard InChI is InChI=1S/C25H32FN4O9P/c1-14(2)37-22(33)15(3)12-40(35,39-16-7-5-4-6-8-16)36-11-18-19(31)25(34,13-26)23(38-18)30-10-9-17-20(30)28-24(27)29-21(17)32/h4-10,14-15,18-19,23,31,34H,11-13H2,1-3H3,(H3,27,28,29,32)/t15-,18-,19+,23-,25?,40?/m1/s1. The van der Waals surface area contributed by atoms with Gasteiger partial charge in [-0.1, -0.05) is 25.1 Å². The number of hydrogen-bond acceptors (Lipinski definition) is 11. The molecule has 1 aromatic carbocycles. The van der Waals surface area contributed by atoms with Crippen molar-refractivity contribution in [2.75, 3.05) is 25.2 Å². The molecule has 218 valence electrons. The normalized spacial score (nSPS) is 25.1. The van der Waals surface area contributed by atoms with Gasteiger partial charge in [-0.2, -0.15) is 4.98 Å². The Bertz CT molecular complexity index is 1450. The first-order chi connectivity index (χ1) is 18.9. The second kappa shape index (κ2) is 11.7. The van der Waals surface area contributed by atoms with Gasteiger partial charge >= 0.3 is 13.6 Å². The average molecular weight is 583 g/mol. The highest BCUT2D eigenvalue weighted by atomic mass is 31.2. The number of aromatic nitrogens is 3. The molecule has 1 aliphatic rings. The number of alkyl halides is 1. The number of esters is 1. The number of nitrogens with zero attached hydrogens (tertiary/aromatic N) is 2. The molecule has 3 aromatic rings. The lowest BCUT2D eigenvalue weighted by molar-refractivity contribution is -0.151. The zero-order chi connectivity index (χ0) is 29.2. The third kappa shape index (κ3) is 6.06. The van der Waals surface area contributed by atoms with Crippen molar-refractivity contribution in [2.45, 2.75) is 50.9 Å². The number of aliphatic hydroxyl groups is 2. The number of nitrogen functional groups attached to an aromatic ring is 1. The van der Waals surface area contributed by atoms with Gasteiger partial charge in [-0.3, -0.25) is 19.1 Å². The summed E-state index contributed by atoms with van der Waals surface area (Å²) < 4.78 is 51.6. The molecule has 1 saturated heterocycles. The minimum atomic E-state index is -4.10. The number of aliphatic hydroxyl groups excluding tert-OH is 1. The van der Waals surface area contributed by atoms with Gasteiger partial charge < -0.3 is 34.5 Å². The number of H-pyrrole nitrogens is 1. The first kappa shape index (κ1) is 29.7. The molecular formula is C25H32FN4O9P. The van der Waals surface area contributed by atoms with Crippen molar-refractivity contribution in [1.29, 1.82) is 0 Å². The molecule has 1 fully saturated rings. The Labute approximate surface area is 228 Å². The van der Waals surface area contributed by atoms with Crippen molar-refractivity contribution < 1.29 is 42.5 Å². The smallest absolute Gasteiger partial charge is 0.380 e. The molecule has 6 atom stereocenters. The Balaban J connectivity index is 1.58. The van der Waals surface area contributed by atoms with Crippen LogP contribution in [0.15, 0.2) is 47.4 Å². The van der Waals surface area contributed by atoms with E-state index < -0.39 is 68.5 Å². The van der Waals surface area contributed by atoms with Gasteiger partial charge in [0.25, 0.3) is 5.56 Å². The SMILES string of the molecule is CC(C)OC(=O)[C@H](C)CP(=O)(OC[C@H]1O[C@@H](n2ccc3c(=O)[nH]c(N)nc32)C(O)(CF)[C@H]1O)Oc1ccccc1. The summed E-state index contributed by atoms with van der Waals surface area (Å²) in [6.45, 7) is 2.81. The molecule has 0 spiro atoms. The van der Waals surface area contributed by atoms with E-state index in [0.29, 0.717) is 0 Å². The second-order valence-corrected chi connectivity index (χ2v) is 11.9. The van der Waals surface area contributed by atoms with E-state index in [9.17, 15) is 28.8 Å². The summed E-state index contributed by atoms with van der Waals surface area (Å²) in [7, 11) is -4.10. The van der Waals surface area contributed by atoms with Gasteiger partial charge in [0.05, 0.1) is 30.2 Å². The van der Waals surface area contributed by atoms with E-state index in [1.165, 1.54) is 23.8 Å². The zero-order valence-electron chi connectivity index (χ0n) is 22.1. The van der Waals surface area contributed by atoms with E-state index in [0.717, 1.165) is 0 Å². The number of carbonyl (C=O) groups is 1. The predicted molar refractivity (Wildman–Crippen MR) is 141 cm³/mol. The Morgan fingerprint density at radius 1 is 1.30 bits per heavy atom. The Hall–Kier alpha value is -3.29. The lowest BCUT2D eigenvalue weighted by atomic mass is 9.95. The molecule has 5 N–H and O–H groups in total. The van der Waals surface area contributed by atoms with Crippen LogP contribution in [0.5, 0.6) is 5.75 Å². The van der Waals surface area contributed by atoms with E-state index in [1.807, 2.05) is 0 Å². The van der Waals surface area contributed by atoms with Crippen LogP contribution in [0.1, 0.15) is 27.0 Å². The molecule has 13 nitrogen and oxygen atoms in total. The van der Waals surface area contributed by atoms with E-state index >= 15 is 0 Å². The number of nitrogens with two attached hydrogens (primary N) is 1. The molecule has 0 radical (unpaired) electrons. The van der Waals surface area contributed by atoms with Crippen LogP contribution >= 0.6 is 7.60 Å². The summed E-state index contributed by atoms with van der Waals surface area (Å²) in [5.74, 6) is -1.51. The number of fused-ring (bicyclic) bond motifs is 1. The number of ether oxygens (including phenoxy) is 2. The fraction of sp³-hybridized carbons (Fsp3) is 0.480. The lowest BCUT2D eigenvalue weighted by Gasteiger charge is -2.29. The fourth-order valence-electron chi connectivity index (χ4n) is 4.36. The van der Waals surface area contributed by atoms with Gasteiger partial charge in [-0.15, -0.1) is 0 Å². The van der Waals surface area contributed by atoms with Crippen LogP contribution in [-0.4, -0.2) is 74.1 Å². The molecule has 3 heterocycles. The summed E-state index contributed by atoms with van der Waals surface area (Å²) in [5.41, 5.74) is 2.59. The highest BCUT2D eigenvalue weighted by molar-refractivity contribution is 7.54. The number of rotatable bonds is 11. The quantitative estimate of drug-likeness (QED) is 0.192. The van der Waals surface area contributed by atoms with Crippen molar-refractivity contribution in [1.82, 2.24) is 14.5 Å². The number of halogens is 1. The molecule has 0 bridgehead atoms. The molecule has 2 unspecified atom stereocenters. The van der Waals surface area contributed by atoms with Crippen LogP contribution in [0.3, 0.4) is 0 Å². The van der Waals surface area contributed by atoms with E-state index in [4.69, 9.17) is 24.3 Å². The topological polar surface area (TPSA) is 188 Å². The minimum Gasteiger partial charge on any atom is -0.463 e. The van der Waals surface area contributed by atoms with E-state index in [-0.39, 0.29) is 28.9 Å². The zero-order valence-corrected chi connectivity index (χ0v) is 23.0. The van der Waals surface area contributed by atoms with Crippen LogP contribution in [-0.2, 0) is 23.4 Å². The third-order valence-corrected chi connectivity index (χ3v) is 8.36. The summed E-state index contributed by atoms with van der Waals surface area (Å²) in [6.07, 6.45) is -4.24. The van der Waals surface area contributed by atoms with Crippen molar-refractivity contribution >= 4 is 30.5 Å². The van der Waals surface area contributed by atoms with Crippen LogP contribution < -0.4 is 15.8 Å². The number of aromatic amines is 1. The van der Waals surface area contributed by atoms with Crippen LogP contribution in [0.25, 0.3) is 11.0 Å². The van der Waals surface area contributed by atoms with Gasteiger partial charge in [0, 0.05) is 6.20 Å². The number of hydrogen-bond donors (Lipinski definition) is 4. The second-order valence-electron chi connectivity index (χ2n) is 9.89. The molecule has 0 aliphatic carbocycles. The number of carbonyl (C=O) groups excluding carboxylic acids is 1. The number of anilines is 1. The van der Waals surface area contributed by atoms with Crippen molar-refractivity contribution in [3.05, 3.63) is 52.9 Å². The summed E-state index contributed by atoms with van der Waals surface area (Å²) >= 11 is 0. The van der Waals surface area contributed by atoms with Crippen LogP contribution in [0.2, 0.25) is 0 Å². The van der Waals surface area contributed by atoms with Crippen molar-refractivity contribution in [3.63, 3.8) is 0 Å². The molecule has 0 saturated carbocycles. The third-order valence-electron chi connectivity index (χ3n) is 6.34. The van der Waals surface area contributed by atoms with Gasteiger partial charge in [0.15, 0.2) is 17.5 Å². The van der Waals surface area contributed by atoms with Crippen molar-refractivity contribution in [2.24, 2.45) is 5.92 Å². The fourth-order valence-corrected chi connectivity index (χ4v) is 6.23.